The van der Waals surface area contributed by atoms with E-state index >= 15 is 0 Å². The summed E-state index contributed by atoms with van der Waals surface area (Å²) in [7, 11) is 0. The lowest BCUT2D eigenvalue weighted by molar-refractivity contribution is 0.00694. The average molecular weight is 396 g/mol. The Morgan fingerprint density at radius 1 is 1.07 bits per heavy atom. The molecule has 2 aromatic rings. The van der Waals surface area contributed by atoms with E-state index in [1.807, 2.05) is 57.2 Å². The van der Waals surface area contributed by atoms with Gasteiger partial charge in [-0.25, -0.2) is 9.59 Å². The van der Waals surface area contributed by atoms with Gasteiger partial charge in [0.25, 0.3) is 0 Å². The second-order valence-electron chi connectivity index (χ2n) is 8.02. The molecular weight excluding hydrogens is 368 g/mol. The van der Waals surface area contributed by atoms with E-state index < -0.39 is 5.60 Å². The molecule has 1 heterocycles. The molecule has 0 radical (unpaired) electrons. The van der Waals surface area contributed by atoms with Gasteiger partial charge in [0.15, 0.2) is 0 Å². The summed E-state index contributed by atoms with van der Waals surface area (Å²) >= 11 is 0. The van der Waals surface area contributed by atoms with Crippen LogP contribution in [-0.2, 0) is 22.4 Å². The van der Waals surface area contributed by atoms with E-state index in [1.54, 1.807) is 17.0 Å². The lowest BCUT2D eigenvalue weighted by Crippen LogP contribution is -2.31. The zero-order valence-corrected chi connectivity index (χ0v) is 17.2. The lowest BCUT2D eigenvalue weighted by Gasteiger charge is -2.19. The molecule has 3 rings (SSSR count). The Bertz CT molecular complexity index is 856. The number of benzene rings is 2. The van der Waals surface area contributed by atoms with Crippen LogP contribution in [0.3, 0.4) is 0 Å². The molecule has 0 spiro atoms. The van der Waals surface area contributed by atoms with Crippen molar-refractivity contribution in [3.05, 3.63) is 65.2 Å². The maximum absolute atomic E-state index is 12.3. The topological polar surface area (TPSA) is 67.9 Å². The molecule has 0 fully saturated rings. The van der Waals surface area contributed by atoms with Crippen LogP contribution in [0, 0.1) is 0 Å². The highest BCUT2D eigenvalue weighted by molar-refractivity contribution is 5.90. The van der Waals surface area contributed by atoms with E-state index in [1.165, 1.54) is 5.56 Å². The number of anilines is 1. The molecule has 1 aliphatic heterocycles. The van der Waals surface area contributed by atoms with Gasteiger partial charge in [-0.3, -0.25) is 4.90 Å². The van der Waals surface area contributed by atoms with E-state index in [0.717, 1.165) is 17.7 Å². The van der Waals surface area contributed by atoms with Crippen LogP contribution in [0.2, 0.25) is 0 Å². The van der Waals surface area contributed by atoms with Crippen LogP contribution in [0.25, 0.3) is 0 Å². The Morgan fingerprint density at radius 3 is 2.52 bits per heavy atom. The van der Waals surface area contributed by atoms with Crippen molar-refractivity contribution in [1.82, 2.24) is 5.32 Å². The number of amides is 1. The van der Waals surface area contributed by atoms with E-state index in [0.29, 0.717) is 31.8 Å². The van der Waals surface area contributed by atoms with Crippen LogP contribution < -0.4 is 10.2 Å². The molecule has 1 amide bonds. The summed E-state index contributed by atoms with van der Waals surface area (Å²) in [5.41, 5.74) is 3.18. The summed E-state index contributed by atoms with van der Waals surface area (Å²) in [5.74, 6) is -0.326. The highest BCUT2D eigenvalue weighted by atomic mass is 16.6. The van der Waals surface area contributed by atoms with Crippen LogP contribution in [-0.4, -0.2) is 37.4 Å². The first-order chi connectivity index (χ1) is 13.8. The molecule has 0 bridgehead atoms. The molecule has 0 saturated heterocycles. The van der Waals surface area contributed by atoms with Crippen LogP contribution in [0.15, 0.2) is 48.5 Å². The van der Waals surface area contributed by atoms with Gasteiger partial charge in [0.05, 0.1) is 11.3 Å². The number of fused-ring (bicyclic) bond motifs is 1. The smallest absolute Gasteiger partial charge is 0.414 e. The molecule has 29 heavy (non-hydrogen) atoms. The third kappa shape index (κ3) is 5.81. The Hall–Kier alpha value is -2.86. The monoisotopic (exact) mass is 396 g/mol. The first kappa shape index (κ1) is 20.9. The standard InChI is InChI=1S/C23H28N2O4/c1-23(2,3)29-21(26)19-10-8-17(9-11-19)16-24-13-15-28-22(27)25-14-12-18-6-4-5-7-20(18)25/h4-11,24H,12-16H2,1-3H3. The van der Waals surface area contributed by atoms with Crippen molar-refractivity contribution < 1.29 is 19.1 Å². The minimum atomic E-state index is -0.508. The van der Waals surface area contributed by atoms with Gasteiger partial charge in [0, 0.05) is 19.6 Å². The van der Waals surface area contributed by atoms with Crippen molar-refractivity contribution in [3.8, 4) is 0 Å². The Balaban J connectivity index is 1.38. The molecule has 0 saturated carbocycles. The first-order valence-electron chi connectivity index (χ1n) is 9.89. The second-order valence-corrected chi connectivity index (χ2v) is 8.02. The van der Waals surface area contributed by atoms with Gasteiger partial charge in [0.2, 0.25) is 0 Å². The number of carbonyl (C=O) groups is 2. The lowest BCUT2D eigenvalue weighted by atomic mass is 10.1. The third-order valence-electron chi connectivity index (χ3n) is 4.53. The second kappa shape index (κ2) is 9.09. The maximum atomic E-state index is 12.3. The minimum Gasteiger partial charge on any atom is -0.456 e. The van der Waals surface area contributed by atoms with Crippen molar-refractivity contribution in [3.63, 3.8) is 0 Å². The Labute approximate surface area is 171 Å². The molecule has 0 aliphatic carbocycles. The third-order valence-corrected chi connectivity index (χ3v) is 4.53. The van der Waals surface area contributed by atoms with Crippen molar-refractivity contribution in [2.75, 3.05) is 24.6 Å². The van der Waals surface area contributed by atoms with Crippen LogP contribution in [0.5, 0.6) is 0 Å². The molecule has 6 nitrogen and oxygen atoms in total. The van der Waals surface area contributed by atoms with Crippen LogP contribution >= 0.6 is 0 Å². The van der Waals surface area contributed by atoms with Crippen LogP contribution in [0.1, 0.15) is 42.3 Å². The molecule has 154 valence electrons. The summed E-state index contributed by atoms with van der Waals surface area (Å²) in [6.45, 7) is 7.67. The number of carbonyl (C=O) groups excluding carboxylic acids is 2. The highest BCUT2D eigenvalue weighted by Gasteiger charge is 2.25. The number of nitrogens with one attached hydrogen (secondary N) is 1. The van der Waals surface area contributed by atoms with Crippen molar-refractivity contribution in [1.29, 1.82) is 0 Å². The quantitative estimate of drug-likeness (QED) is 0.592. The SMILES string of the molecule is CC(C)(C)OC(=O)c1ccc(CNCCOC(=O)N2CCc3ccccc32)cc1. The molecule has 0 atom stereocenters. The number of hydrogen-bond acceptors (Lipinski definition) is 5. The van der Waals surface area contributed by atoms with Gasteiger partial charge in [-0.1, -0.05) is 30.3 Å². The van der Waals surface area contributed by atoms with Crippen molar-refractivity contribution in [2.24, 2.45) is 0 Å². The summed E-state index contributed by atoms with van der Waals surface area (Å²) in [6, 6.07) is 15.2. The Kier molecular flexibility index (Phi) is 6.54. The zero-order chi connectivity index (χ0) is 20.9. The molecule has 1 aliphatic rings. The van der Waals surface area contributed by atoms with Gasteiger partial charge in [-0.05, 0) is 56.5 Å². The normalized spacial score (nSPS) is 13.1. The van der Waals surface area contributed by atoms with Gasteiger partial charge in [-0.2, -0.15) is 0 Å². The highest BCUT2D eigenvalue weighted by Crippen LogP contribution is 2.27. The van der Waals surface area contributed by atoms with E-state index in [9.17, 15) is 9.59 Å². The summed E-state index contributed by atoms with van der Waals surface area (Å²) < 4.78 is 10.7. The number of ether oxygens (including phenoxy) is 2. The largest absolute Gasteiger partial charge is 0.456 e. The van der Waals surface area contributed by atoms with Gasteiger partial charge < -0.3 is 14.8 Å². The summed E-state index contributed by atoms with van der Waals surface area (Å²) in [4.78, 5) is 26.0. The van der Waals surface area contributed by atoms with Crippen LogP contribution in [0.4, 0.5) is 10.5 Å². The van der Waals surface area contributed by atoms with Crippen molar-refractivity contribution in [2.45, 2.75) is 39.3 Å². The van der Waals surface area contributed by atoms with Gasteiger partial charge >= 0.3 is 12.1 Å². The fourth-order valence-corrected chi connectivity index (χ4v) is 3.14. The van der Waals surface area contributed by atoms with E-state index in [2.05, 4.69) is 5.32 Å². The molecule has 0 aromatic heterocycles. The Morgan fingerprint density at radius 2 is 1.79 bits per heavy atom. The first-order valence-corrected chi connectivity index (χ1v) is 9.89. The number of nitrogens with zero attached hydrogens (tertiary/aromatic N) is 1. The number of para-hydroxylation sites is 1. The minimum absolute atomic E-state index is 0.299. The molecule has 0 unspecified atom stereocenters. The molecular formula is C23H28N2O4. The molecule has 6 heteroatoms. The fourth-order valence-electron chi connectivity index (χ4n) is 3.14. The van der Waals surface area contributed by atoms with Gasteiger partial charge in [-0.15, -0.1) is 0 Å². The number of esters is 1. The zero-order valence-electron chi connectivity index (χ0n) is 17.2. The van der Waals surface area contributed by atoms with Crippen molar-refractivity contribution >= 4 is 17.7 Å². The number of rotatable bonds is 6. The molecule has 1 N–H and O–H groups in total. The van der Waals surface area contributed by atoms with E-state index in [4.69, 9.17) is 9.47 Å². The number of hydrogen-bond donors (Lipinski definition) is 1. The maximum Gasteiger partial charge on any atom is 0.414 e. The summed E-state index contributed by atoms with van der Waals surface area (Å²) in [5, 5.41) is 3.24. The predicted molar refractivity (Wildman–Crippen MR) is 112 cm³/mol. The fraction of sp³-hybridized carbons (Fsp3) is 0.391. The van der Waals surface area contributed by atoms with Gasteiger partial charge in [0.1, 0.15) is 12.2 Å². The molecule has 2 aromatic carbocycles. The predicted octanol–water partition coefficient (Wildman–Crippen LogP) is 3.93. The van der Waals surface area contributed by atoms with E-state index in [-0.39, 0.29) is 12.1 Å². The summed E-state index contributed by atoms with van der Waals surface area (Å²) in [6.07, 6.45) is 0.557. The average Bonchev–Trinajstić information content (AvgIpc) is 3.11.